The Labute approximate surface area is 131 Å². The Bertz CT molecular complexity index is 586. The van der Waals surface area contributed by atoms with Gasteiger partial charge in [0.25, 0.3) is 0 Å². The number of hydrogen-bond donors (Lipinski definition) is 2. The van der Waals surface area contributed by atoms with Crippen molar-refractivity contribution >= 4 is 0 Å². The minimum absolute atomic E-state index is 0.259. The van der Waals surface area contributed by atoms with Crippen LogP contribution in [0.1, 0.15) is 11.3 Å². The Morgan fingerprint density at radius 1 is 1.09 bits per heavy atom. The van der Waals surface area contributed by atoms with Crippen LogP contribution in [0.2, 0.25) is 0 Å². The zero-order chi connectivity index (χ0) is 15.4. The molecule has 4 nitrogen and oxygen atoms in total. The van der Waals surface area contributed by atoms with E-state index in [4.69, 9.17) is 0 Å². The number of phenols is 1. The molecule has 1 fully saturated rings. The van der Waals surface area contributed by atoms with Crippen molar-refractivity contribution in [3.63, 3.8) is 0 Å². The third-order valence-corrected chi connectivity index (χ3v) is 4.33. The maximum atomic E-state index is 10.3. The van der Waals surface area contributed by atoms with Crippen molar-refractivity contribution in [1.29, 1.82) is 0 Å². The molecule has 1 aromatic heterocycles. The van der Waals surface area contributed by atoms with Gasteiger partial charge in [-0.3, -0.25) is 4.98 Å². The molecule has 2 aromatic rings. The third kappa shape index (κ3) is 3.84. The first-order valence-electron chi connectivity index (χ1n) is 7.79. The number of benzene rings is 1. The van der Waals surface area contributed by atoms with E-state index in [2.05, 4.69) is 9.88 Å². The average molecular weight is 298 g/mol. The van der Waals surface area contributed by atoms with Crippen LogP contribution in [0, 0.1) is 5.92 Å². The third-order valence-electron chi connectivity index (χ3n) is 4.33. The van der Waals surface area contributed by atoms with Crippen LogP contribution in [-0.2, 0) is 12.8 Å². The number of rotatable bonds is 5. The highest BCUT2D eigenvalue weighted by atomic mass is 16.3. The van der Waals surface area contributed by atoms with Gasteiger partial charge in [0, 0.05) is 37.4 Å². The van der Waals surface area contributed by atoms with Gasteiger partial charge in [-0.1, -0.05) is 18.2 Å². The fourth-order valence-corrected chi connectivity index (χ4v) is 3.06. The van der Waals surface area contributed by atoms with Gasteiger partial charge in [0.05, 0.1) is 6.10 Å². The highest BCUT2D eigenvalue weighted by molar-refractivity contribution is 5.26. The van der Waals surface area contributed by atoms with E-state index in [0.29, 0.717) is 5.75 Å². The van der Waals surface area contributed by atoms with Gasteiger partial charge in [-0.2, -0.15) is 0 Å². The lowest BCUT2D eigenvalue weighted by Gasteiger charge is -2.15. The predicted molar refractivity (Wildman–Crippen MR) is 85.7 cm³/mol. The standard InChI is InChI=1S/C18H22N2O2/c21-17-6-4-14(5-7-17)8-10-20-12-15(18(22)13-20)11-16-3-1-2-9-19-16/h1-7,9,15,18,21-22H,8,10-13H2/t15-,18-/m1/s1. The van der Waals surface area contributed by atoms with E-state index in [1.54, 1.807) is 18.3 Å². The summed E-state index contributed by atoms with van der Waals surface area (Å²) in [6.45, 7) is 2.58. The number of β-amino-alcohol motifs (C(OH)–C–C–N with tert-alkyl or cyclic N) is 1. The van der Waals surface area contributed by atoms with Crippen LogP contribution in [0.4, 0.5) is 0 Å². The van der Waals surface area contributed by atoms with Crippen LogP contribution in [0.5, 0.6) is 5.75 Å². The highest BCUT2D eigenvalue weighted by Gasteiger charge is 2.31. The predicted octanol–water partition coefficient (Wildman–Crippen LogP) is 1.87. The zero-order valence-corrected chi connectivity index (χ0v) is 12.6. The summed E-state index contributed by atoms with van der Waals surface area (Å²) in [5, 5.41) is 19.5. The second kappa shape index (κ2) is 6.90. The van der Waals surface area contributed by atoms with Crippen LogP contribution in [0.25, 0.3) is 0 Å². The van der Waals surface area contributed by atoms with Crippen LogP contribution in [-0.4, -0.2) is 45.8 Å². The molecule has 3 rings (SSSR count). The molecule has 0 radical (unpaired) electrons. The number of aromatic nitrogens is 1. The molecule has 1 aliphatic rings. The minimum Gasteiger partial charge on any atom is -0.508 e. The van der Waals surface area contributed by atoms with Crippen molar-refractivity contribution in [2.24, 2.45) is 5.92 Å². The maximum absolute atomic E-state index is 10.3. The van der Waals surface area contributed by atoms with E-state index >= 15 is 0 Å². The lowest BCUT2D eigenvalue weighted by atomic mass is 10.00. The topological polar surface area (TPSA) is 56.6 Å². The summed E-state index contributed by atoms with van der Waals surface area (Å²) in [6.07, 6.45) is 3.29. The number of aromatic hydroxyl groups is 1. The van der Waals surface area contributed by atoms with E-state index in [1.165, 1.54) is 5.56 Å². The summed E-state index contributed by atoms with van der Waals surface area (Å²) in [6, 6.07) is 13.3. The first-order chi connectivity index (χ1) is 10.7. The van der Waals surface area contributed by atoms with Crippen molar-refractivity contribution in [1.82, 2.24) is 9.88 Å². The quantitative estimate of drug-likeness (QED) is 0.885. The smallest absolute Gasteiger partial charge is 0.115 e. The Balaban J connectivity index is 1.51. The molecule has 22 heavy (non-hydrogen) atoms. The number of phenolic OH excluding ortho intramolecular Hbond substituents is 1. The normalized spacial score (nSPS) is 22.0. The molecule has 1 aliphatic heterocycles. The molecular weight excluding hydrogens is 276 g/mol. The second-order valence-electron chi connectivity index (χ2n) is 6.03. The minimum atomic E-state index is -0.276. The van der Waals surface area contributed by atoms with Crippen LogP contribution >= 0.6 is 0 Å². The number of aliphatic hydroxyl groups is 1. The molecule has 4 heteroatoms. The summed E-state index contributed by atoms with van der Waals surface area (Å²) < 4.78 is 0. The lowest BCUT2D eigenvalue weighted by Crippen LogP contribution is -2.24. The van der Waals surface area contributed by atoms with Gasteiger partial charge < -0.3 is 15.1 Å². The van der Waals surface area contributed by atoms with Gasteiger partial charge in [0.1, 0.15) is 5.75 Å². The van der Waals surface area contributed by atoms with Crippen molar-refractivity contribution in [2.75, 3.05) is 19.6 Å². The molecule has 0 saturated carbocycles. The fraction of sp³-hybridized carbons (Fsp3) is 0.389. The molecule has 0 amide bonds. The summed E-state index contributed by atoms with van der Waals surface area (Å²) in [5.41, 5.74) is 2.26. The molecule has 2 N–H and O–H groups in total. The van der Waals surface area contributed by atoms with Crippen molar-refractivity contribution < 1.29 is 10.2 Å². The van der Waals surface area contributed by atoms with E-state index in [-0.39, 0.29) is 12.0 Å². The summed E-state index contributed by atoms with van der Waals surface area (Å²) in [4.78, 5) is 6.66. The van der Waals surface area contributed by atoms with Gasteiger partial charge in [0.15, 0.2) is 0 Å². The summed E-state index contributed by atoms with van der Waals surface area (Å²) in [7, 11) is 0. The Morgan fingerprint density at radius 3 is 2.64 bits per heavy atom. The monoisotopic (exact) mass is 298 g/mol. The Hall–Kier alpha value is -1.91. The highest BCUT2D eigenvalue weighted by Crippen LogP contribution is 2.21. The van der Waals surface area contributed by atoms with E-state index < -0.39 is 0 Å². The molecule has 0 aliphatic carbocycles. The first-order valence-corrected chi connectivity index (χ1v) is 7.79. The van der Waals surface area contributed by atoms with Gasteiger partial charge in [-0.15, -0.1) is 0 Å². The molecule has 2 heterocycles. The Kier molecular flexibility index (Phi) is 4.71. The van der Waals surface area contributed by atoms with E-state index in [0.717, 1.165) is 38.2 Å². The molecular formula is C18H22N2O2. The van der Waals surface area contributed by atoms with Gasteiger partial charge in [0.2, 0.25) is 0 Å². The lowest BCUT2D eigenvalue weighted by molar-refractivity contribution is 0.141. The molecule has 0 unspecified atom stereocenters. The SMILES string of the molecule is Oc1ccc(CCN2C[C@@H](Cc3ccccn3)[C@H](O)C2)cc1. The van der Waals surface area contributed by atoms with E-state index in [1.807, 2.05) is 30.3 Å². The molecule has 1 saturated heterocycles. The Morgan fingerprint density at radius 2 is 1.91 bits per heavy atom. The largest absolute Gasteiger partial charge is 0.508 e. The summed E-state index contributed by atoms with van der Waals surface area (Å²) >= 11 is 0. The number of likely N-dealkylation sites (tertiary alicyclic amines) is 1. The van der Waals surface area contributed by atoms with Crippen molar-refractivity contribution in [2.45, 2.75) is 18.9 Å². The number of hydrogen-bond acceptors (Lipinski definition) is 4. The molecule has 0 bridgehead atoms. The molecule has 2 atom stereocenters. The van der Waals surface area contributed by atoms with Gasteiger partial charge >= 0.3 is 0 Å². The second-order valence-corrected chi connectivity index (χ2v) is 6.03. The van der Waals surface area contributed by atoms with Crippen LogP contribution < -0.4 is 0 Å². The maximum Gasteiger partial charge on any atom is 0.115 e. The zero-order valence-electron chi connectivity index (χ0n) is 12.6. The first kappa shape index (κ1) is 15.0. The van der Waals surface area contributed by atoms with Crippen molar-refractivity contribution in [3.05, 3.63) is 59.9 Å². The summed E-state index contributed by atoms with van der Waals surface area (Å²) in [5.74, 6) is 0.561. The van der Waals surface area contributed by atoms with Crippen LogP contribution in [0.15, 0.2) is 48.7 Å². The number of pyridine rings is 1. The van der Waals surface area contributed by atoms with Gasteiger partial charge in [-0.25, -0.2) is 0 Å². The number of aliphatic hydroxyl groups excluding tert-OH is 1. The average Bonchev–Trinajstić information content (AvgIpc) is 2.88. The number of nitrogens with zero attached hydrogens (tertiary/aromatic N) is 2. The van der Waals surface area contributed by atoms with Gasteiger partial charge in [-0.05, 0) is 42.7 Å². The fourth-order valence-electron chi connectivity index (χ4n) is 3.06. The van der Waals surface area contributed by atoms with Crippen LogP contribution in [0.3, 0.4) is 0 Å². The molecule has 116 valence electrons. The molecule has 1 aromatic carbocycles. The van der Waals surface area contributed by atoms with E-state index in [9.17, 15) is 10.2 Å². The van der Waals surface area contributed by atoms with Crippen molar-refractivity contribution in [3.8, 4) is 5.75 Å². The molecule has 0 spiro atoms.